The second-order valence-corrected chi connectivity index (χ2v) is 4.19. The molecule has 0 heterocycles. The van der Waals surface area contributed by atoms with Gasteiger partial charge in [0.15, 0.2) is 0 Å². The molecule has 0 fully saturated rings. The lowest BCUT2D eigenvalue weighted by Crippen LogP contribution is -2.18. The molecule has 1 N–H and O–H groups in total. The van der Waals surface area contributed by atoms with Crippen LogP contribution in [-0.2, 0) is 6.42 Å². The number of rotatable bonds is 3. The first-order valence-corrected chi connectivity index (χ1v) is 5.87. The molecule has 0 atom stereocenters. The van der Waals surface area contributed by atoms with Crippen molar-refractivity contribution in [1.29, 1.82) is 0 Å². The van der Waals surface area contributed by atoms with E-state index < -0.39 is 0 Å². The van der Waals surface area contributed by atoms with Crippen LogP contribution in [0.1, 0.15) is 11.1 Å². The van der Waals surface area contributed by atoms with Gasteiger partial charge in [0.05, 0.1) is 0 Å². The highest BCUT2D eigenvalue weighted by Gasteiger charge is 2.02. The average molecular weight is 212 g/mol. The monoisotopic (exact) mass is 212 g/mol. The molecular weight excluding hydrogens is 200 g/mol. The van der Waals surface area contributed by atoms with Crippen molar-refractivity contribution in [1.82, 2.24) is 0 Å². The van der Waals surface area contributed by atoms with E-state index in [1.54, 1.807) is 0 Å². The summed E-state index contributed by atoms with van der Waals surface area (Å²) >= 11 is 0. The molecule has 2 rings (SSSR count). The maximum Gasteiger partial charge on any atom is 0.265 e. The third-order valence-corrected chi connectivity index (χ3v) is 3.10. The summed E-state index contributed by atoms with van der Waals surface area (Å²) in [5.74, 6) is 0. The molecule has 74 valence electrons. The fourth-order valence-electron chi connectivity index (χ4n) is 1.60. The predicted molar refractivity (Wildman–Crippen MR) is 63.3 cm³/mol. The molecule has 0 aliphatic heterocycles. The second-order valence-electron chi connectivity index (χ2n) is 3.43. The number of hydrogen-bond donors (Lipinski definition) is 1. The Bertz CT molecular complexity index is 426. The van der Waals surface area contributed by atoms with Crippen molar-refractivity contribution < 1.29 is 4.80 Å². The van der Waals surface area contributed by atoms with E-state index in [9.17, 15) is 4.80 Å². The summed E-state index contributed by atoms with van der Waals surface area (Å²) in [7, 11) is -0.119. The first-order chi connectivity index (χ1) is 7.40. The molecule has 0 amide bonds. The molecule has 2 aromatic rings. The minimum absolute atomic E-state index is 0.119. The van der Waals surface area contributed by atoms with Crippen molar-refractivity contribution >= 4 is 14.9 Å². The summed E-state index contributed by atoms with van der Waals surface area (Å²) in [6, 6.07) is 18.4. The Labute approximate surface area is 92.3 Å². The van der Waals surface area contributed by atoms with Crippen LogP contribution in [0.3, 0.4) is 0 Å². The summed E-state index contributed by atoms with van der Waals surface area (Å²) in [4.78, 5) is 9.22. The minimum atomic E-state index is -0.119. The standard InChI is InChI=1S/C13H12OSi/c14-15-13-9-5-4-8-12(13)10-11-6-2-1-3-7-11/h1-9,14H,10H2. The average Bonchev–Trinajstić information content (AvgIpc) is 2.31. The molecule has 0 aliphatic rings. The number of benzene rings is 2. The lowest BCUT2D eigenvalue weighted by molar-refractivity contribution is 0.615. The zero-order valence-corrected chi connectivity index (χ0v) is 9.35. The van der Waals surface area contributed by atoms with E-state index in [4.69, 9.17) is 0 Å². The van der Waals surface area contributed by atoms with Crippen molar-refractivity contribution in [2.75, 3.05) is 0 Å². The summed E-state index contributed by atoms with van der Waals surface area (Å²) < 4.78 is 0. The molecule has 0 unspecified atom stereocenters. The lowest BCUT2D eigenvalue weighted by Gasteiger charge is -2.05. The Kier molecular flexibility index (Phi) is 3.32. The van der Waals surface area contributed by atoms with Crippen LogP contribution in [0.2, 0.25) is 0 Å². The Morgan fingerprint density at radius 1 is 0.867 bits per heavy atom. The van der Waals surface area contributed by atoms with Gasteiger partial charge in [-0.15, -0.1) is 0 Å². The zero-order chi connectivity index (χ0) is 10.5. The smallest absolute Gasteiger partial charge is 0.265 e. The van der Waals surface area contributed by atoms with Gasteiger partial charge in [0, 0.05) is 0 Å². The van der Waals surface area contributed by atoms with E-state index in [0.717, 1.165) is 11.6 Å². The fourth-order valence-corrected chi connectivity index (χ4v) is 2.09. The first-order valence-electron chi connectivity index (χ1n) is 4.92. The molecule has 0 aliphatic carbocycles. The molecule has 2 aromatic carbocycles. The van der Waals surface area contributed by atoms with Gasteiger partial charge >= 0.3 is 0 Å². The van der Waals surface area contributed by atoms with Gasteiger partial charge in [-0.3, -0.25) is 0 Å². The highest BCUT2D eigenvalue weighted by Crippen LogP contribution is 2.06. The van der Waals surface area contributed by atoms with Crippen LogP contribution in [0, 0.1) is 0 Å². The van der Waals surface area contributed by atoms with Gasteiger partial charge in [-0.05, 0) is 22.7 Å². The molecule has 0 aromatic heterocycles. The molecule has 15 heavy (non-hydrogen) atoms. The topological polar surface area (TPSA) is 20.2 Å². The van der Waals surface area contributed by atoms with Crippen LogP contribution in [0.15, 0.2) is 54.6 Å². The first kappa shape index (κ1) is 10.1. The van der Waals surface area contributed by atoms with E-state index in [1.807, 2.05) is 36.4 Å². The van der Waals surface area contributed by atoms with Gasteiger partial charge in [-0.1, -0.05) is 54.6 Å². The number of hydrogen-bond acceptors (Lipinski definition) is 1. The fraction of sp³-hybridized carbons (Fsp3) is 0.0769. The quantitative estimate of drug-likeness (QED) is 0.765. The van der Waals surface area contributed by atoms with Gasteiger partial charge in [0.25, 0.3) is 9.76 Å². The molecule has 2 heteroatoms. The van der Waals surface area contributed by atoms with E-state index in [-0.39, 0.29) is 9.76 Å². The van der Waals surface area contributed by atoms with Gasteiger partial charge in [-0.2, -0.15) is 0 Å². The van der Waals surface area contributed by atoms with Crippen molar-refractivity contribution in [3.05, 3.63) is 65.7 Å². The molecule has 0 bridgehead atoms. The van der Waals surface area contributed by atoms with E-state index in [0.29, 0.717) is 0 Å². The highest BCUT2D eigenvalue weighted by atomic mass is 28.2. The minimum Gasteiger partial charge on any atom is -0.428 e. The van der Waals surface area contributed by atoms with E-state index in [1.165, 1.54) is 11.1 Å². The van der Waals surface area contributed by atoms with Crippen LogP contribution in [0.5, 0.6) is 0 Å². The molecule has 0 spiro atoms. The Hall–Kier alpha value is -1.38. The van der Waals surface area contributed by atoms with Gasteiger partial charge in [0.1, 0.15) is 0 Å². The second kappa shape index (κ2) is 4.91. The van der Waals surface area contributed by atoms with Crippen molar-refractivity contribution in [2.45, 2.75) is 6.42 Å². The van der Waals surface area contributed by atoms with Gasteiger partial charge < -0.3 is 4.80 Å². The van der Waals surface area contributed by atoms with Crippen LogP contribution in [-0.4, -0.2) is 14.6 Å². The van der Waals surface area contributed by atoms with Crippen molar-refractivity contribution in [2.24, 2.45) is 0 Å². The van der Waals surface area contributed by atoms with Crippen molar-refractivity contribution in [3.63, 3.8) is 0 Å². The molecule has 0 saturated heterocycles. The van der Waals surface area contributed by atoms with Gasteiger partial charge in [0.2, 0.25) is 0 Å². The van der Waals surface area contributed by atoms with E-state index >= 15 is 0 Å². The van der Waals surface area contributed by atoms with Gasteiger partial charge in [-0.25, -0.2) is 0 Å². The molecule has 2 radical (unpaired) electrons. The molecule has 0 saturated carbocycles. The maximum absolute atomic E-state index is 9.22. The van der Waals surface area contributed by atoms with Crippen LogP contribution < -0.4 is 5.19 Å². The predicted octanol–water partition coefficient (Wildman–Crippen LogP) is 1.51. The zero-order valence-electron chi connectivity index (χ0n) is 8.35. The highest BCUT2D eigenvalue weighted by molar-refractivity contribution is 6.46. The SMILES string of the molecule is O[Si]c1ccccc1Cc1ccccc1. The Morgan fingerprint density at radius 2 is 1.53 bits per heavy atom. The summed E-state index contributed by atoms with van der Waals surface area (Å²) in [5.41, 5.74) is 2.49. The summed E-state index contributed by atoms with van der Waals surface area (Å²) in [5, 5.41) is 1.04. The third kappa shape index (κ3) is 2.55. The van der Waals surface area contributed by atoms with Crippen LogP contribution >= 0.6 is 0 Å². The largest absolute Gasteiger partial charge is 0.428 e. The van der Waals surface area contributed by atoms with Crippen LogP contribution in [0.4, 0.5) is 0 Å². The summed E-state index contributed by atoms with van der Waals surface area (Å²) in [6.45, 7) is 0. The summed E-state index contributed by atoms with van der Waals surface area (Å²) in [6.07, 6.45) is 0.893. The van der Waals surface area contributed by atoms with Crippen molar-refractivity contribution in [3.8, 4) is 0 Å². The maximum atomic E-state index is 9.22. The van der Waals surface area contributed by atoms with Crippen LogP contribution in [0.25, 0.3) is 0 Å². The lowest BCUT2D eigenvalue weighted by atomic mass is 10.1. The Balaban J connectivity index is 2.24. The Morgan fingerprint density at radius 3 is 2.27 bits per heavy atom. The third-order valence-electron chi connectivity index (χ3n) is 2.38. The normalized spacial score (nSPS) is 10.2. The molecular formula is C13H12OSi. The van der Waals surface area contributed by atoms with E-state index in [2.05, 4.69) is 18.2 Å². The molecule has 1 nitrogen and oxygen atoms in total.